The minimum Gasteiger partial charge on any atom is -0.497 e. The minimum absolute atomic E-state index is 0.0453. The molecule has 0 bridgehead atoms. The molecule has 0 amide bonds. The summed E-state index contributed by atoms with van der Waals surface area (Å²) in [6.45, 7) is 2.00. The zero-order valence-electron chi connectivity index (χ0n) is 10.5. The van der Waals surface area contributed by atoms with Crippen molar-refractivity contribution >= 4 is 0 Å². The van der Waals surface area contributed by atoms with Crippen LogP contribution in [0.25, 0.3) is 0 Å². The van der Waals surface area contributed by atoms with Crippen LogP contribution in [0.3, 0.4) is 0 Å². The zero-order valence-corrected chi connectivity index (χ0v) is 10.5. The lowest BCUT2D eigenvalue weighted by Gasteiger charge is -2.10. The maximum absolute atomic E-state index is 9.05. The van der Waals surface area contributed by atoms with E-state index in [2.05, 4.69) is 0 Å². The van der Waals surface area contributed by atoms with Gasteiger partial charge in [-0.1, -0.05) is 12.1 Å². The molecule has 0 aromatic heterocycles. The van der Waals surface area contributed by atoms with Crippen LogP contribution in [0.4, 0.5) is 0 Å². The van der Waals surface area contributed by atoms with Gasteiger partial charge in [0.05, 0.1) is 13.7 Å². The minimum atomic E-state index is 0.0453. The Kier molecular flexibility index (Phi) is 3.85. The van der Waals surface area contributed by atoms with Gasteiger partial charge in [-0.05, 0) is 48.4 Å². The van der Waals surface area contributed by atoms with Gasteiger partial charge < -0.3 is 14.6 Å². The number of aryl methyl sites for hydroxylation is 1. The SMILES string of the molecule is COc1ccc(Oc2ccc(CO)cc2C)cc1. The van der Waals surface area contributed by atoms with Gasteiger partial charge in [0.2, 0.25) is 0 Å². The highest BCUT2D eigenvalue weighted by Gasteiger charge is 2.03. The monoisotopic (exact) mass is 244 g/mol. The van der Waals surface area contributed by atoms with E-state index in [4.69, 9.17) is 14.6 Å². The number of hydrogen-bond donors (Lipinski definition) is 1. The Morgan fingerprint density at radius 2 is 1.67 bits per heavy atom. The van der Waals surface area contributed by atoms with Gasteiger partial charge in [0, 0.05) is 0 Å². The molecule has 0 aliphatic heterocycles. The molecular weight excluding hydrogens is 228 g/mol. The van der Waals surface area contributed by atoms with Gasteiger partial charge in [-0.15, -0.1) is 0 Å². The van der Waals surface area contributed by atoms with Crippen LogP contribution < -0.4 is 9.47 Å². The Labute approximate surface area is 107 Å². The highest BCUT2D eigenvalue weighted by Crippen LogP contribution is 2.27. The van der Waals surface area contributed by atoms with E-state index >= 15 is 0 Å². The van der Waals surface area contributed by atoms with Gasteiger partial charge in [0.15, 0.2) is 0 Å². The van der Waals surface area contributed by atoms with Crippen molar-refractivity contribution in [2.75, 3.05) is 7.11 Å². The van der Waals surface area contributed by atoms with Crippen LogP contribution >= 0.6 is 0 Å². The van der Waals surface area contributed by atoms with Crippen molar-refractivity contribution in [3.05, 3.63) is 53.6 Å². The quantitative estimate of drug-likeness (QED) is 0.897. The fraction of sp³-hybridized carbons (Fsp3) is 0.200. The van der Waals surface area contributed by atoms with Crippen molar-refractivity contribution in [1.29, 1.82) is 0 Å². The lowest BCUT2D eigenvalue weighted by molar-refractivity contribution is 0.281. The summed E-state index contributed by atoms with van der Waals surface area (Å²) in [7, 11) is 1.63. The molecule has 0 unspecified atom stereocenters. The van der Waals surface area contributed by atoms with Gasteiger partial charge >= 0.3 is 0 Å². The first-order chi connectivity index (χ1) is 8.72. The Morgan fingerprint density at radius 1 is 1.00 bits per heavy atom. The summed E-state index contributed by atoms with van der Waals surface area (Å²) >= 11 is 0. The summed E-state index contributed by atoms with van der Waals surface area (Å²) in [5.41, 5.74) is 1.88. The molecule has 94 valence electrons. The summed E-state index contributed by atoms with van der Waals surface area (Å²) < 4.78 is 10.9. The van der Waals surface area contributed by atoms with Crippen molar-refractivity contribution in [2.45, 2.75) is 13.5 Å². The maximum atomic E-state index is 9.05. The molecule has 3 heteroatoms. The number of aliphatic hydroxyl groups is 1. The summed E-state index contributed by atoms with van der Waals surface area (Å²) in [4.78, 5) is 0. The molecule has 0 fully saturated rings. The molecule has 0 spiro atoms. The van der Waals surface area contributed by atoms with Crippen LogP contribution in [-0.2, 0) is 6.61 Å². The number of rotatable bonds is 4. The lowest BCUT2D eigenvalue weighted by atomic mass is 10.1. The molecule has 18 heavy (non-hydrogen) atoms. The van der Waals surface area contributed by atoms with Crippen molar-refractivity contribution in [3.8, 4) is 17.2 Å². The zero-order chi connectivity index (χ0) is 13.0. The van der Waals surface area contributed by atoms with Gasteiger partial charge in [0.25, 0.3) is 0 Å². The van der Waals surface area contributed by atoms with Crippen LogP contribution in [0.5, 0.6) is 17.2 Å². The molecule has 0 heterocycles. The molecule has 0 saturated carbocycles. The number of hydrogen-bond acceptors (Lipinski definition) is 3. The van der Waals surface area contributed by atoms with Crippen molar-refractivity contribution in [1.82, 2.24) is 0 Å². The standard InChI is InChI=1S/C15H16O3/c1-11-9-12(10-16)3-8-15(11)18-14-6-4-13(17-2)5-7-14/h3-9,16H,10H2,1-2H3. The topological polar surface area (TPSA) is 38.7 Å². The first-order valence-electron chi connectivity index (χ1n) is 5.75. The summed E-state index contributed by atoms with van der Waals surface area (Å²) in [6, 6.07) is 13.1. The molecule has 1 N–H and O–H groups in total. The maximum Gasteiger partial charge on any atom is 0.130 e. The van der Waals surface area contributed by atoms with E-state index in [-0.39, 0.29) is 6.61 Å². The molecule has 0 radical (unpaired) electrons. The Morgan fingerprint density at radius 3 is 2.22 bits per heavy atom. The fourth-order valence-electron chi connectivity index (χ4n) is 1.70. The second-order valence-electron chi connectivity index (χ2n) is 4.04. The normalized spacial score (nSPS) is 10.2. The second kappa shape index (κ2) is 5.56. The van der Waals surface area contributed by atoms with Gasteiger partial charge in [-0.25, -0.2) is 0 Å². The highest BCUT2D eigenvalue weighted by atomic mass is 16.5. The Hall–Kier alpha value is -2.00. The molecule has 2 aromatic carbocycles. The van der Waals surface area contributed by atoms with Crippen molar-refractivity contribution < 1.29 is 14.6 Å². The second-order valence-corrected chi connectivity index (χ2v) is 4.04. The molecular formula is C15H16O3. The predicted molar refractivity (Wildman–Crippen MR) is 70.2 cm³/mol. The number of methoxy groups -OCH3 is 1. The number of aliphatic hydroxyl groups excluding tert-OH is 1. The lowest BCUT2D eigenvalue weighted by Crippen LogP contribution is -1.90. The largest absolute Gasteiger partial charge is 0.497 e. The molecule has 3 nitrogen and oxygen atoms in total. The predicted octanol–water partition coefficient (Wildman–Crippen LogP) is 3.29. The first-order valence-corrected chi connectivity index (χ1v) is 5.75. The van der Waals surface area contributed by atoms with Crippen molar-refractivity contribution in [2.24, 2.45) is 0 Å². The van der Waals surface area contributed by atoms with Crippen LogP contribution in [0, 0.1) is 6.92 Å². The summed E-state index contributed by atoms with van der Waals surface area (Å²) in [5.74, 6) is 2.35. The van der Waals surface area contributed by atoms with Gasteiger partial charge in [0.1, 0.15) is 17.2 Å². The summed E-state index contributed by atoms with van der Waals surface area (Å²) in [6.07, 6.45) is 0. The van der Waals surface area contributed by atoms with Crippen LogP contribution in [-0.4, -0.2) is 12.2 Å². The van der Waals surface area contributed by atoms with Crippen LogP contribution in [0.1, 0.15) is 11.1 Å². The molecule has 0 atom stereocenters. The fourth-order valence-corrected chi connectivity index (χ4v) is 1.70. The van der Waals surface area contributed by atoms with E-state index in [1.807, 2.05) is 49.4 Å². The number of ether oxygens (including phenoxy) is 2. The van der Waals surface area contributed by atoms with Gasteiger partial charge in [-0.3, -0.25) is 0 Å². The molecule has 0 saturated heterocycles. The van der Waals surface area contributed by atoms with E-state index in [1.54, 1.807) is 7.11 Å². The average molecular weight is 244 g/mol. The molecule has 2 rings (SSSR count). The third-order valence-electron chi connectivity index (χ3n) is 2.71. The average Bonchev–Trinajstić information content (AvgIpc) is 2.42. The third kappa shape index (κ3) is 2.81. The molecule has 0 aliphatic carbocycles. The first kappa shape index (κ1) is 12.5. The van der Waals surface area contributed by atoms with E-state index in [0.717, 1.165) is 28.4 Å². The van der Waals surface area contributed by atoms with E-state index < -0.39 is 0 Å². The molecule has 2 aromatic rings. The van der Waals surface area contributed by atoms with E-state index in [1.165, 1.54) is 0 Å². The van der Waals surface area contributed by atoms with Crippen molar-refractivity contribution in [3.63, 3.8) is 0 Å². The highest BCUT2D eigenvalue weighted by molar-refractivity contribution is 5.40. The number of benzene rings is 2. The smallest absolute Gasteiger partial charge is 0.130 e. The van der Waals surface area contributed by atoms with Gasteiger partial charge in [-0.2, -0.15) is 0 Å². The summed E-state index contributed by atoms with van der Waals surface area (Å²) in [5, 5.41) is 9.05. The van der Waals surface area contributed by atoms with Crippen LogP contribution in [0.2, 0.25) is 0 Å². The Balaban J connectivity index is 2.17. The Bertz CT molecular complexity index is 518. The van der Waals surface area contributed by atoms with E-state index in [9.17, 15) is 0 Å². The van der Waals surface area contributed by atoms with Crippen LogP contribution in [0.15, 0.2) is 42.5 Å². The molecule has 0 aliphatic rings. The van der Waals surface area contributed by atoms with E-state index in [0.29, 0.717) is 0 Å². The third-order valence-corrected chi connectivity index (χ3v) is 2.71.